The number of hydrogen-bond acceptors (Lipinski definition) is 3. The third-order valence-electron chi connectivity index (χ3n) is 3.77. The third kappa shape index (κ3) is 1.20. The van der Waals surface area contributed by atoms with Gasteiger partial charge in [0, 0.05) is 11.1 Å². The topological polar surface area (TPSA) is 60.9 Å². The number of anilines is 1. The van der Waals surface area contributed by atoms with Crippen molar-refractivity contribution in [3.05, 3.63) is 65.2 Å². The van der Waals surface area contributed by atoms with Crippen LogP contribution < -0.4 is 4.90 Å². The minimum absolute atomic E-state index is 0.204. The van der Waals surface area contributed by atoms with Gasteiger partial charge >= 0.3 is 0 Å². The highest BCUT2D eigenvalue weighted by atomic mass is 16.5. The first-order valence-electron chi connectivity index (χ1n) is 6.24. The monoisotopic (exact) mass is 266 g/mol. The van der Waals surface area contributed by atoms with E-state index in [4.69, 9.17) is 0 Å². The van der Waals surface area contributed by atoms with Crippen molar-refractivity contribution in [1.29, 1.82) is 0 Å². The summed E-state index contributed by atoms with van der Waals surface area (Å²) in [6, 6.07) is 13.8. The largest absolute Gasteiger partial charge is 0.283 e. The summed E-state index contributed by atoms with van der Waals surface area (Å²) in [7, 11) is 0. The maximum Gasteiger partial charge on any atom is 0.281 e. The van der Waals surface area contributed by atoms with Crippen LogP contribution in [-0.2, 0) is 0 Å². The van der Waals surface area contributed by atoms with Crippen LogP contribution in [0.3, 0.4) is 0 Å². The highest BCUT2D eigenvalue weighted by Crippen LogP contribution is 2.44. The van der Waals surface area contributed by atoms with E-state index < -0.39 is 12.1 Å². The van der Waals surface area contributed by atoms with Crippen molar-refractivity contribution in [1.82, 2.24) is 5.06 Å². The average Bonchev–Trinajstić information content (AvgIpc) is 2.79. The van der Waals surface area contributed by atoms with E-state index in [9.17, 15) is 14.8 Å². The van der Waals surface area contributed by atoms with Crippen molar-refractivity contribution in [2.45, 2.75) is 6.17 Å². The average molecular weight is 266 g/mol. The van der Waals surface area contributed by atoms with E-state index in [0.29, 0.717) is 27.4 Å². The van der Waals surface area contributed by atoms with E-state index >= 15 is 0 Å². The molecule has 5 heteroatoms. The number of fused-ring (bicyclic) bond motifs is 5. The van der Waals surface area contributed by atoms with Gasteiger partial charge in [0.2, 0.25) is 0 Å². The van der Waals surface area contributed by atoms with Gasteiger partial charge in [-0.1, -0.05) is 30.3 Å². The predicted molar refractivity (Wildman–Crippen MR) is 70.4 cm³/mol. The summed E-state index contributed by atoms with van der Waals surface area (Å²) < 4.78 is 0. The molecular weight excluding hydrogens is 256 g/mol. The SMILES string of the molecule is O=C1c2ccccc2N2C(=O)c3ccccc3[C@@H]2N1O. The summed E-state index contributed by atoms with van der Waals surface area (Å²) >= 11 is 0. The van der Waals surface area contributed by atoms with Crippen molar-refractivity contribution in [3.63, 3.8) is 0 Å². The second-order valence-corrected chi connectivity index (χ2v) is 4.80. The molecule has 0 unspecified atom stereocenters. The number of carbonyl (C=O) groups is 2. The van der Waals surface area contributed by atoms with E-state index in [2.05, 4.69) is 0 Å². The normalized spacial score (nSPS) is 19.8. The summed E-state index contributed by atoms with van der Waals surface area (Å²) in [5.74, 6) is -0.698. The van der Waals surface area contributed by atoms with Crippen LogP contribution in [0, 0.1) is 0 Å². The molecule has 1 N–H and O–H groups in total. The smallest absolute Gasteiger partial charge is 0.281 e. The van der Waals surface area contributed by atoms with Gasteiger partial charge in [-0.2, -0.15) is 5.06 Å². The second kappa shape index (κ2) is 3.68. The van der Waals surface area contributed by atoms with Crippen molar-refractivity contribution in [2.24, 2.45) is 0 Å². The van der Waals surface area contributed by atoms with Gasteiger partial charge in [0.25, 0.3) is 11.8 Å². The number of para-hydroxylation sites is 1. The van der Waals surface area contributed by atoms with Gasteiger partial charge in [-0.25, -0.2) is 0 Å². The molecule has 20 heavy (non-hydrogen) atoms. The summed E-state index contributed by atoms with van der Waals surface area (Å²) in [5.41, 5.74) is 2.02. The van der Waals surface area contributed by atoms with E-state index in [-0.39, 0.29) is 5.91 Å². The summed E-state index contributed by atoms with van der Waals surface area (Å²) in [6.45, 7) is 0. The van der Waals surface area contributed by atoms with Gasteiger partial charge < -0.3 is 0 Å². The molecule has 98 valence electrons. The molecule has 0 saturated heterocycles. The van der Waals surface area contributed by atoms with Gasteiger partial charge in [-0.3, -0.25) is 19.7 Å². The number of benzene rings is 2. The standard InChI is InChI=1S/C15H10N2O3/c18-14-10-6-2-1-5-9(10)13-16(14)12-8-4-3-7-11(12)15(19)17(13)20/h1-8,13,20H/t13-/m0/s1. The molecule has 0 bridgehead atoms. The molecule has 2 aliphatic rings. The Kier molecular flexibility index (Phi) is 2.06. The summed E-state index contributed by atoms with van der Waals surface area (Å²) in [5, 5.41) is 10.8. The molecule has 4 rings (SSSR count). The van der Waals surface area contributed by atoms with E-state index in [1.54, 1.807) is 48.5 Å². The molecule has 0 aliphatic carbocycles. The quantitative estimate of drug-likeness (QED) is 0.743. The Hall–Kier alpha value is -2.66. The van der Waals surface area contributed by atoms with Crippen molar-refractivity contribution < 1.29 is 14.8 Å². The van der Waals surface area contributed by atoms with Crippen LogP contribution in [0.5, 0.6) is 0 Å². The molecule has 1 atom stereocenters. The number of nitrogens with zero attached hydrogens (tertiary/aromatic N) is 2. The maximum atomic E-state index is 12.5. The lowest BCUT2D eigenvalue weighted by Crippen LogP contribution is -2.46. The fraction of sp³-hybridized carbons (Fsp3) is 0.0667. The van der Waals surface area contributed by atoms with Crippen LogP contribution in [0.4, 0.5) is 5.69 Å². The van der Waals surface area contributed by atoms with Gasteiger partial charge in [0.15, 0.2) is 6.17 Å². The molecule has 2 amide bonds. The van der Waals surface area contributed by atoms with E-state index in [1.165, 1.54) is 4.90 Å². The number of carbonyl (C=O) groups excluding carboxylic acids is 2. The molecule has 2 aliphatic heterocycles. The Balaban J connectivity index is 2.01. The van der Waals surface area contributed by atoms with E-state index in [1.807, 2.05) is 0 Å². The fourth-order valence-corrected chi connectivity index (χ4v) is 2.88. The highest BCUT2D eigenvalue weighted by molar-refractivity contribution is 6.16. The van der Waals surface area contributed by atoms with Crippen LogP contribution >= 0.6 is 0 Å². The van der Waals surface area contributed by atoms with Crippen LogP contribution in [-0.4, -0.2) is 22.1 Å². The van der Waals surface area contributed by atoms with Crippen molar-refractivity contribution in [2.75, 3.05) is 4.90 Å². The zero-order valence-electron chi connectivity index (χ0n) is 10.4. The Morgan fingerprint density at radius 2 is 1.50 bits per heavy atom. The zero-order valence-corrected chi connectivity index (χ0v) is 10.4. The lowest BCUT2D eigenvalue weighted by molar-refractivity contribution is -0.0901. The first-order chi connectivity index (χ1) is 9.70. The van der Waals surface area contributed by atoms with Crippen LogP contribution in [0.1, 0.15) is 32.4 Å². The molecular formula is C15H10N2O3. The lowest BCUT2D eigenvalue weighted by atomic mass is 10.1. The van der Waals surface area contributed by atoms with Crippen LogP contribution in [0.25, 0.3) is 0 Å². The predicted octanol–water partition coefficient (Wildman–Crippen LogP) is 2.19. The number of hydrogen-bond donors (Lipinski definition) is 1. The number of rotatable bonds is 0. The molecule has 2 heterocycles. The minimum Gasteiger partial charge on any atom is -0.283 e. The highest BCUT2D eigenvalue weighted by Gasteiger charge is 2.47. The summed E-state index contributed by atoms with van der Waals surface area (Å²) in [4.78, 5) is 26.2. The molecule has 0 radical (unpaired) electrons. The van der Waals surface area contributed by atoms with Crippen molar-refractivity contribution in [3.8, 4) is 0 Å². The van der Waals surface area contributed by atoms with Crippen LogP contribution in [0.15, 0.2) is 48.5 Å². The zero-order chi connectivity index (χ0) is 13.9. The van der Waals surface area contributed by atoms with Crippen molar-refractivity contribution >= 4 is 17.5 Å². The first-order valence-corrected chi connectivity index (χ1v) is 6.24. The second-order valence-electron chi connectivity index (χ2n) is 4.80. The third-order valence-corrected chi connectivity index (χ3v) is 3.77. The Labute approximate surface area is 114 Å². The molecule has 0 aromatic heterocycles. The minimum atomic E-state index is -0.777. The number of amides is 2. The van der Waals surface area contributed by atoms with Crippen LogP contribution in [0.2, 0.25) is 0 Å². The van der Waals surface area contributed by atoms with Gasteiger partial charge in [-0.15, -0.1) is 0 Å². The van der Waals surface area contributed by atoms with Gasteiger partial charge in [-0.05, 0) is 18.2 Å². The fourth-order valence-electron chi connectivity index (χ4n) is 2.88. The molecule has 0 fully saturated rings. The van der Waals surface area contributed by atoms with E-state index in [0.717, 1.165) is 0 Å². The molecule has 2 aromatic rings. The molecule has 0 saturated carbocycles. The molecule has 5 nitrogen and oxygen atoms in total. The first kappa shape index (κ1) is 11.2. The Morgan fingerprint density at radius 1 is 0.850 bits per heavy atom. The molecule has 0 spiro atoms. The number of hydroxylamine groups is 2. The molecule has 2 aromatic carbocycles. The van der Waals surface area contributed by atoms with Gasteiger partial charge in [0.1, 0.15) is 0 Å². The Bertz CT molecular complexity index is 756. The maximum absolute atomic E-state index is 12.5. The summed E-state index contributed by atoms with van der Waals surface area (Å²) in [6.07, 6.45) is -0.777. The Morgan fingerprint density at radius 3 is 2.30 bits per heavy atom. The lowest BCUT2D eigenvalue weighted by Gasteiger charge is -2.36. The van der Waals surface area contributed by atoms with Gasteiger partial charge in [0.05, 0.1) is 11.3 Å².